The second-order valence-electron chi connectivity index (χ2n) is 4.67. The smallest absolute Gasteiger partial charge is 0.118 e. The lowest BCUT2D eigenvalue weighted by Gasteiger charge is -2.17. The van der Waals surface area contributed by atoms with Crippen LogP contribution in [0.4, 0.5) is 0 Å². The number of ether oxygens (including phenoxy) is 2. The average molecular weight is 271 g/mol. The highest BCUT2D eigenvalue weighted by atomic mass is 16.5. The molecular formula is C17H21NO2. The minimum Gasteiger partial charge on any atom is -0.497 e. The van der Waals surface area contributed by atoms with E-state index in [9.17, 15) is 0 Å². The second kappa shape index (κ2) is 6.96. The molecule has 0 aliphatic rings. The summed E-state index contributed by atoms with van der Waals surface area (Å²) in [6, 6.07) is 16.7. The molecule has 1 unspecified atom stereocenters. The van der Waals surface area contributed by atoms with Crippen molar-refractivity contribution in [3.05, 3.63) is 59.7 Å². The lowest BCUT2D eigenvalue weighted by atomic mass is 9.99. The van der Waals surface area contributed by atoms with Crippen molar-refractivity contribution in [3.63, 3.8) is 0 Å². The third kappa shape index (κ3) is 3.52. The zero-order valence-electron chi connectivity index (χ0n) is 12.2. The number of methoxy groups -OCH3 is 2. The second-order valence-corrected chi connectivity index (χ2v) is 4.67. The van der Waals surface area contributed by atoms with E-state index in [2.05, 4.69) is 29.6 Å². The number of nitrogens with one attached hydrogen (secondary N) is 1. The predicted octanol–water partition coefficient (Wildman–Crippen LogP) is 3.21. The number of hydrogen-bond acceptors (Lipinski definition) is 3. The van der Waals surface area contributed by atoms with Crippen LogP contribution >= 0.6 is 0 Å². The van der Waals surface area contributed by atoms with Crippen LogP contribution in [0.2, 0.25) is 0 Å². The van der Waals surface area contributed by atoms with Gasteiger partial charge in [0.25, 0.3) is 0 Å². The molecule has 0 aliphatic heterocycles. The molecule has 0 bridgehead atoms. The summed E-state index contributed by atoms with van der Waals surface area (Å²) in [4.78, 5) is 0. The van der Waals surface area contributed by atoms with E-state index in [1.165, 1.54) is 11.1 Å². The van der Waals surface area contributed by atoms with E-state index < -0.39 is 0 Å². The molecule has 0 spiro atoms. The van der Waals surface area contributed by atoms with Crippen molar-refractivity contribution in [1.29, 1.82) is 0 Å². The summed E-state index contributed by atoms with van der Waals surface area (Å²) in [6.45, 7) is 0. The Balaban J connectivity index is 2.10. The van der Waals surface area contributed by atoms with Crippen LogP contribution in [0.25, 0.3) is 0 Å². The van der Waals surface area contributed by atoms with Crippen LogP contribution < -0.4 is 14.8 Å². The van der Waals surface area contributed by atoms with Crippen molar-refractivity contribution in [3.8, 4) is 11.5 Å². The first-order chi connectivity index (χ1) is 9.76. The topological polar surface area (TPSA) is 30.5 Å². The Morgan fingerprint density at radius 3 is 1.80 bits per heavy atom. The van der Waals surface area contributed by atoms with Gasteiger partial charge in [0.05, 0.1) is 14.2 Å². The van der Waals surface area contributed by atoms with E-state index in [0.29, 0.717) is 0 Å². The summed E-state index contributed by atoms with van der Waals surface area (Å²) in [5.74, 6) is 1.77. The van der Waals surface area contributed by atoms with Gasteiger partial charge in [0.15, 0.2) is 0 Å². The van der Waals surface area contributed by atoms with E-state index >= 15 is 0 Å². The Kier molecular flexibility index (Phi) is 5.02. The fourth-order valence-electron chi connectivity index (χ4n) is 2.22. The summed E-state index contributed by atoms with van der Waals surface area (Å²) in [5, 5.41) is 3.36. The van der Waals surface area contributed by atoms with Gasteiger partial charge in [-0.25, -0.2) is 0 Å². The minimum absolute atomic E-state index is 0.286. The van der Waals surface area contributed by atoms with Crippen LogP contribution in [-0.2, 0) is 6.42 Å². The molecular weight excluding hydrogens is 250 g/mol. The quantitative estimate of drug-likeness (QED) is 0.875. The van der Waals surface area contributed by atoms with Gasteiger partial charge in [-0.15, -0.1) is 0 Å². The first-order valence-electron chi connectivity index (χ1n) is 6.71. The molecule has 0 aliphatic carbocycles. The average Bonchev–Trinajstić information content (AvgIpc) is 2.53. The van der Waals surface area contributed by atoms with Crippen LogP contribution in [0.15, 0.2) is 48.5 Å². The van der Waals surface area contributed by atoms with Crippen LogP contribution in [0.3, 0.4) is 0 Å². The molecule has 0 saturated carbocycles. The molecule has 2 aromatic carbocycles. The summed E-state index contributed by atoms with van der Waals surface area (Å²) in [6.07, 6.45) is 0.937. The predicted molar refractivity (Wildman–Crippen MR) is 81.5 cm³/mol. The molecule has 0 fully saturated rings. The molecule has 0 saturated heterocycles. The number of likely N-dealkylation sites (N-methyl/N-ethyl adjacent to an activating group) is 1. The standard InChI is InChI=1S/C17H21NO2/c1-18-17(14-6-10-16(20-3)11-7-14)12-13-4-8-15(19-2)9-5-13/h4-11,17-18H,12H2,1-3H3. The lowest BCUT2D eigenvalue weighted by molar-refractivity contribution is 0.414. The Labute approximate surface area is 120 Å². The van der Waals surface area contributed by atoms with Crippen LogP contribution in [0.1, 0.15) is 17.2 Å². The largest absolute Gasteiger partial charge is 0.497 e. The molecule has 3 heteroatoms. The first kappa shape index (κ1) is 14.4. The third-order valence-corrected chi connectivity index (χ3v) is 3.47. The van der Waals surface area contributed by atoms with Crippen molar-refractivity contribution in [2.75, 3.05) is 21.3 Å². The molecule has 0 radical (unpaired) electrons. The maximum absolute atomic E-state index is 5.19. The Morgan fingerprint density at radius 2 is 1.35 bits per heavy atom. The maximum Gasteiger partial charge on any atom is 0.118 e. The number of hydrogen-bond donors (Lipinski definition) is 1. The van der Waals surface area contributed by atoms with Crippen molar-refractivity contribution >= 4 is 0 Å². The van der Waals surface area contributed by atoms with Gasteiger partial charge in [0.2, 0.25) is 0 Å². The van der Waals surface area contributed by atoms with Gasteiger partial charge in [-0.3, -0.25) is 0 Å². The van der Waals surface area contributed by atoms with Gasteiger partial charge in [0, 0.05) is 6.04 Å². The van der Waals surface area contributed by atoms with Crippen molar-refractivity contribution in [2.45, 2.75) is 12.5 Å². The van der Waals surface area contributed by atoms with E-state index in [4.69, 9.17) is 9.47 Å². The minimum atomic E-state index is 0.286. The molecule has 1 N–H and O–H groups in total. The number of benzene rings is 2. The highest BCUT2D eigenvalue weighted by Crippen LogP contribution is 2.22. The van der Waals surface area contributed by atoms with Gasteiger partial charge in [-0.2, -0.15) is 0 Å². The SMILES string of the molecule is CNC(Cc1ccc(OC)cc1)c1ccc(OC)cc1. The summed E-state index contributed by atoms with van der Waals surface area (Å²) in [7, 11) is 5.35. The molecule has 0 aromatic heterocycles. The van der Waals surface area contributed by atoms with Gasteiger partial charge in [0.1, 0.15) is 11.5 Å². The van der Waals surface area contributed by atoms with Crippen molar-refractivity contribution in [1.82, 2.24) is 5.32 Å². The van der Waals surface area contributed by atoms with Crippen LogP contribution in [-0.4, -0.2) is 21.3 Å². The summed E-state index contributed by atoms with van der Waals surface area (Å²) >= 11 is 0. The molecule has 3 nitrogen and oxygen atoms in total. The Bertz CT molecular complexity index is 520. The lowest BCUT2D eigenvalue weighted by Crippen LogP contribution is -2.18. The zero-order chi connectivity index (χ0) is 14.4. The summed E-state index contributed by atoms with van der Waals surface area (Å²) in [5.41, 5.74) is 2.53. The van der Waals surface area contributed by atoms with E-state index in [-0.39, 0.29) is 6.04 Å². The van der Waals surface area contributed by atoms with Gasteiger partial charge >= 0.3 is 0 Å². The third-order valence-electron chi connectivity index (χ3n) is 3.47. The molecule has 106 valence electrons. The maximum atomic E-state index is 5.19. The summed E-state index contributed by atoms with van der Waals surface area (Å²) < 4.78 is 10.4. The van der Waals surface area contributed by atoms with E-state index in [1.54, 1.807) is 14.2 Å². The Morgan fingerprint density at radius 1 is 0.850 bits per heavy atom. The number of rotatable bonds is 6. The Hall–Kier alpha value is -2.00. The van der Waals surface area contributed by atoms with Crippen LogP contribution in [0.5, 0.6) is 11.5 Å². The normalized spacial score (nSPS) is 11.9. The molecule has 0 heterocycles. The van der Waals surface area contributed by atoms with Crippen molar-refractivity contribution < 1.29 is 9.47 Å². The van der Waals surface area contributed by atoms with Crippen LogP contribution in [0, 0.1) is 0 Å². The first-order valence-corrected chi connectivity index (χ1v) is 6.71. The van der Waals surface area contributed by atoms with E-state index in [1.807, 2.05) is 31.3 Å². The molecule has 2 rings (SSSR count). The molecule has 0 amide bonds. The fourth-order valence-corrected chi connectivity index (χ4v) is 2.22. The van der Waals surface area contributed by atoms with Gasteiger partial charge < -0.3 is 14.8 Å². The molecule has 20 heavy (non-hydrogen) atoms. The molecule has 1 atom stereocenters. The molecule has 2 aromatic rings. The zero-order valence-corrected chi connectivity index (χ0v) is 12.2. The monoisotopic (exact) mass is 271 g/mol. The van der Waals surface area contributed by atoms with E-state index in [0.717, 1.165) is 17.9 Å². The van der Waals surface area contributed by atoms with Crippen molar-refractivity contribution in [2.24, 2.45) is 0 Å². The highest BCUT2D eigenvalue weighted by molar-refractivity contribution is 5.32. The highest BCUT2D eigenvalue weighted by Gasteiger charge is 2.10. The van der Waals surface area contributed by atoms with Gasteiger partial charge in [-0.1, -0.05) is 24.3 Å². The van der Waals surface area contributed by atoms with Gasteiger partial charge in [-0.05, 0) is 48.9 Å². The fraction of sp³-hybridized carbons (Fsp3) is 0.294.